The van der Waals surface area contributed by atoms with Crippen LogP contribution < -0.4 is 10.2 Å². The number of amides is 1. The van der Waals surface area contributed by atoms with Crippen molar-refractivity contribution in [3.63, 3.8) is 0 Å². The standard InChI is InChI=1S/C16H19ClN4O2/c1-11-8-14(23-20-11)10-19-16(22)12-4-6-21(7-5-12)15-3-2-13(17)9-18-15/h2-3,8-9,12H,4-7,10H2,1H3,(H,19,22). The van der Waals surface area contributed by atoms with E-state index in [1.165, 1.54) is 0 Å². The zero-order chi connectivity index (χ0) is 16.2. The summed E-state index contributed by atoms with van der Waals surface area (Å²) in [4.78, 5) is 18.7. The third-order valence-corrected chi connectivity index (χ3v) is 4.24. The van der Waals surface area contributed by atoms with Gasteiger partial charge in [0, 0.05) is 31.3 Å². The van der Waals surface area contributed by atoms with Crippen LogP contribution >= 0.6 is 11.6 Å². The van der Waals surface area contributed by atoms with Crippen LogP contribution in [0.5, 0.6) is 0 Å². The van der Waals surface area contributed by atoms with E-state index in [0.29, 0.717) is 17.3 Å². The molecule has 3 rings (SSSR count). The zero-order valence-electron chi connectivity index (χ0n) is 13.0. The number of carbonyl (C=O) groups is 1. The summed E-state index contributed by atoms with van der Waals surface area (Å²) in [6.45, 7) is 3.87. The number of hydrogen-bond acceptors (Lipinski definition) is 5. The van der Waals surface area contributed by atoms with Crippen molar-refractivity contribution in [1.29, 1.82) is 0 Å². The smallest absolute Gasteiger partial charge is 0.223 e. The molecular weight excluding hydrogens is 316 g/mol. The van der Waals surface area contributed by atoms with Crippen LogP contribution in [0.1, 0.15) is 24.3 Å². The molecule has 1 aliphatic heterocycles. The molecular formula is C16H19ClN4O2. The number of rotatable bonds is 4. The van der Waals surface area contributed by atoms with Crippen LogP contribution in [0.2, 0.25) is 5.02 Å². The maximum absolute atomic E-state index is 12.2. The first kappa shape index (κ1) is 15.8. The first-order valence-electron chi connectivity index (χ1n) is 7.68. The van der Waals surface area contributed by atoms with Crippen molar-refractivity contribution in [3.8, 4) is 0 Å². The van der Waals surface area contributed by atoms with E-state index in [-0.39, 0.29) is 11.8 Å². The highest BCUT2D eigenvalue weighted by molar-refractivity contribution is 6.30. The molecule has 2 aromatic rings. The Hall–Kier alpha value is -2.08. The summed E-state index contributed by atoms with van der Waals surface area (Å²) >= 11 is 5.86. The van der Waals surface area contributed by atoms with E-state index in [2.05, 4.69) is 20.4 Å². The minimum atomic E-state index is 0.0302. The van der Waals surface area contributed by atoms with Crippen molar-refractivity contribution in [2.24, 2.45) is 5.92 Å². The van der Waals surface area contributed by atoms with Gasteiger partial charge in [-0.15, -0.1) is 0 Å². The molecule has 6 nitrogen and oxygen atoms in total. The molecule has 1 fully saturated rings. The molecule has 122 valence electrons. The average molecular weight is 335 g/mol. The van der Waals surface area contributed by atoms with Gasteiger partial charge in [-0.3, -0.25) is 4.79 Å². The highest BCUT2D eigenvalue weighted by atomic mass is 35.5. The van der Waals surface area contributed by atoms with Crippen molar-refractivity contribution in [2.75, 3.05) is 18.0 Å². The molecule has 1 amide bonds. The molecule has 0 unspecified atom stereocenters. The number of hydrogen-bond donors (Lipinski definition) is 1. The Labute approximate surface area is 139 Å². The summed E-state index contributed by atoms with van der Waals surface area (Å²) in [6, 6.07) is 5.58. The third-order valence-electron chi connectivity index (χ3n) is 4.02. The summed E-state index contributed by atoms with van der Waals surface area (Å²) in [5.41, 5.74) is 0.818. The number of aryl methyl sites for hydroxylation is 1. The number of piperidine rings is 1. The van der Waals surface area contributed by atoms with E-state index >= 15 is 0 Å². The van der Waals surface area contributed by atoms with Gasteiger partial charge in [-0.25, -0.2) is 4.98 Å². The predicted octanol–water partition coefficient (Wildman–Crippen LogP) is 2.56. The van der Waals surface area contributed by atoms with Gasteiger partial charge in [0.15, 0.2) is 5.76 Å². The molecule has 0 radical (unpaired) electrons. The van der Waals surface area contributed by atoms with Crippen molar-refractivity contribution in [1.82, 2.24) is 15.5 Å². The molecule has 0 aromatic carbocycles. The predicted molar refractivity (Wildman–Crippen MR) is 87.3 cm³/mol. The van der Waals surface area contributed by atoms with E-state index in [0.717, 1.165) is 37.4 Å². The lowest BCUT2D eigenvalue weighted by atomic mass is 9.96. The fourth-order valence-electron chi connectivity index (χ4n) is 2.74. The van der Waals surface area contributed by atoms with Gasteiger partial charge in [0.1, 0.15) is 5.82 Å². The lowest BCUT2D eigenvalue weighted by Crippen LogP contribution is -2.40. The maximum atomic E-state index is 12.2. The average Bonchev–Trinajstić information content (AvgIpc) is 2.99. The Balaban J connectivity index is 1.48. The van der Waals surface area contributed by atoms with Gasteiger partial charge in [0.05, 0.1) is 17.3 Å². The normalized spacial score (nSPS) is 15.7. The van der Waals surface area contributed by atoms with Crippen LogP contribution in [0.25, 0.3) is 0 Å². The topological polar surface area (TPSA) is 71.3 Å². The zero-order valence-corrected chi connectivity index (χ0v) is 13.7. The van der Waals surface area contributed by atoms with Gasteiger partial charge in [0.25, 0.3) is 0 Å². The SMILES string of the molecule is Cc1cc(CNC(=O)C2CCN(c3ccc(Cl)cn3)CC2)on1. The summed E-state index contributed by atoms with van der Waals surface area (Å²) in [5.74, 6) is 1.69. The quantitative estimate of drug-likeness (QED) is 0.930. The van der Waals surface area contributed by atoms with Gasteiger partial charge in [0.2, 0.25) is 5.91 Å². The van der Waals surface area contributed by atoms with Crippen LogP contribution in [0.3, 0.4) is 0 Å². The number of anilines is 1. The monoisotopic (exact) mass is 334 g/mol. The molecule has 0 atom stereocenters. The minimum absolute atomic E-state index is 0.0302. The van der Waals surface area contributed by atoms with Gasteiger partial charge < -0.3 is 14.7 Å². The Kier molecular flexibility index (Phi) is 4.81. The summed E-state index contributed by atoms with van der Waals surface area (Å²) in [6.07, 6.45) is 3.27. The summed E-state index contributed by atoms with van der Waals surface area (Å²) in [5, 5.41) is 7.36. The van der Waals surface area contributed by atoms with Crippen LogP contribution in [0.15, 0.2) is 28.9 Å². The van der Waals surface area contributed by atoms with Crippen molar-refractivity contribution in [3.05, 3.63) is 40.9 Å². The van der Waals surface area contributed by atoms with Gasteiger partial charge in [-0.2, -0.15) is 0 Å². The molecule has 1 saturated heterocycles. The van der Waals surface area contributed by atoms with Crippen LogP contribution in [-0.4, -0.2) is 29.1 Å². The minimum Gasteiger partial charge on any atom is -0.359 e. The summed E-state index contributed by atoms with van der Waals surface area (Å²) < 4.78 is 5.09. The lowest BCUT2D eigenvalue weighted by molar-refractivity contribution is -0.125. The van der Waals surface area contributed by atoms with E-state index in [9.17, 15) is 4.79 Å². The Morgan fingerprint density at radius 3 is 2.83 bits per heavy atom. The largest absolute Gasteiger partial charge is 0.359 e. The van der Waals surface area contributed by atoms with Crippen LogP contribution in [0, 0.1) is 12.8 Å². The third kappa shape index (κ3) is 4.01. The lowest BCUT2D eigenvalue weighted by Gasteiger charge is -2.32. The molecule has 3 heterocycles. The molecule has 2 aromatic heterocycles. The van der Waals surface area contributed by atoms with Crippen molar-refractivity contribution >= 4 is 23.3 Å². The van der Waals surface area contributed by atoms with Crippen molar-refractivity contribution in [2.45, 2.75) is 26.3 Å². The number of nitrogens with one attached hydrogen (secondary N) is 1. The van der Waals surface area contributed by atoms with E-state index < -0.39 is 0 Å². The van der Waals surface area contributed by atoms with E-state index in [1.807, 2.05) is 25.1 Å². The number of aromatic nitrogens is 2. The number of carbonyl (C=O) groups excluding carboxylic acids is 1. The van der Waals surface area contributed by atoms with Gasteiger partial charge in [-0.1, -0.05) is 16.8 Å². The van der Waals surface area contributed by atoms with Gasteiger partial charge >= 0.3 is 0 Å². The van der Waals surface area contributed by atoms with E-state index in [1.54, 1.807) is 6.20 Å². The first-order valence-corrected chi connectivity index (χ1v) is 8.06. The Morgan fingerprint density at radius 1 is 1.43 bits per heavy atom. The first-order chi connectivity index (χ1) is 11.1. The number of pyridine rings is 1. The van der Waals surface area contributed by atoms with Crippen LogP contribution in [0.4, 0.5) is 5.82 Å². The number of nitrogens with zero attached hydrogens (tertiary/aromatic N) is 3. The Morgan fingerprint density at radius 2 is 2.22 bits per heavy atom. The number of halogens is 1. The second kappa shape index (κ2) is 7.00. The van der Waals surface area contributed by atoms with Crippen LogP contribution in [-0.2, 0) is 11.3 Å². The Bertz CT molecular complexity index is 663. The molecule has 23 heavy (non-hydrogen) atoms. The highest BCUT2D eigenvalue weighted by Gasteiger charge is 2.25. The molecule has 0 spiro atoms. The molecule has 1 N–H and O–H groups in total. The van der Waals surface area contributed by atoms with Crippen molar-refractivity contribution < 1.29 is 9.32 Å². The molecule has 0 saturated carbocycles. The summed E-state index contributed by atoms with van der Waals surface area (Å²) in [7, 11) is 0. The maximum Gasteiger partial charge on any atom is 0.223 e. The van der Waals surface area contributed by atoms with Gasteiger partial charge in [-0.05, 0) is 31.9 Å². The van der Waals surface area contributed by atoms with E-state index in [4.69, 9.17) is 16.1 Å². The molecule has 0 bridgehead atoms. The fraction of sp³-hybridized carbons (Fsp3) is 0.438. The molecule has 7 heteroatoms. The second-order valence-electron chi connectivity index (χ2n) is 5.75. The molecule has 0 aliphatic carbocycles. The highest BCUT2D eigenvalue weighted by Crippen LogP contribution is 2.22. The fourth-order valence-corrected chi connectivity index (χ4v) is 2.86. The second-order valence-corrected chi connectivity index (χ2v) is 6.18. The molecule has 1 aliphatic rings.